The molecule has 0 aliphatic heterocycles. The van der Waals surface area contributed by atoms with Gasteiger partial charge in [0.15, 0.2) is 0 Å². The van der Waals surface area contributed by atoms with Crippen LogP contribution < -0.4 is 50.3 Å². The predicted molar refractivity (Wildman–Crippen MR) is 482 cm³/mol. The first-order chi connectivity index (χ1) is 59.1. The van der Waals surface area contributed by atoms with Gasteiger partial charge in [0, 0.05) is 152 Å². The van der Waals surface area contributed by atoms with E-state index in [1.54, 1.807) is 213 Å². The van der Waals surface area contributed by atoms with E-state index in [2.05, 4.69) is 63.3 Å². The lowest BCUT2D eigenvalue weighted by Crippen LogP contribution is -2.12. The number of aryl methyl sites for hydroxylation is 4. The second-order valence-electron chi connectivity index (χ2n) is 26.4. The summed E-state index contributed by atoms with van der Waals surface area (Å²) in [5.41, 5.74) is 10.6. The molecule has 0 aliphatic carbocycles. The maximum atomic E-state index is 13.8. The molecule has 15 rings (SSSR count). The summed E-state index contributed by atoms with van der Waals surface area (Å²) in [6.07, 6.45) is 25.0. The van der Waals surface area contributed by atoms with Gasteiger partial charge in [-0.25, -0.2) is 4.39 Å². The Morgan fingerprint density at radius 1 is 0.309 bits per heavy atom. The van der Waals surface area contributed by atoms with Crippen molar-refractivity contribution in [2.75, 3.05) is 26.6 Å². The number of pyridine rings is 5. The minimum absolute atomic E-state index is 0. The Kier molecular flexibility index (Phi) is 32.9. The smallest absolute Gasteiger partial charge is 0.255 e. The van der Waals surface area contributed by atoms with Gasteiger partial charge in [0.05, 0.1) is 40.5 Å². The van der Waals surface area contributed by atoms with Gasteiger partial charge in [-0.05, 0) is 191 Å². The Morgan fingerprint density at radius 3 is 1.03 bits per heavy atom. The van der Waals surface area contributed by atoms with E-state index in [-0.39, 0.29) is 42.5 Å². The van der Waals surface area contributed by atoms with Crippen LogP contribution in [0.25, 0.3) is 0 Å². The molecule has 24 heteroatoms. The fraction of sp³-hybridized carbons (Fsp3) is 0.0505. The standard InChI is InChI=1S/C20H13ClN2O2.C20H13FN2O2.C20H18N2O2.2C19H15ClN2O2.CH4/c1-2-14-5-3-6-15(9-14)20(24)23-17-7-4-8-18(11-17)25-19-10-16(21)12-22-13-19;1-2-14-5-3-6-15(9-14)20(24)23-17-10-16(21)11-19(12-17)25-18-7-4-8-22-13-18;1-14-6-3-7-16(12-14)20(23)22-17-8-4-9-18(13-17)24-19-10-5-11-21-15(19)2;1-13-4-2-5-14(8-13)19(23)22-16-6-3-7-17(10-16)24-18-9-15(20)11-21-12-18;1-13-4-2-5-14(8-13)19(23)22-16-9-15(20)10-18(11-16)24-17-6-3-7-21-12-17;/h2*1,3-13H,(H,23,24);3-13H,1-2H3,(H,22,23);2*2-12H,1H3,(H,22,23);1H4. The van der Waals surface area contributed by atoms with Gasteiger partial charge in [-0.1, -0.05) is 137 Å². The van der Waals surface area contributed by atoms with E-state index >= 15 is 0 Å². The Labute approximate surface area is 726 Å². The van der Waals surface area contributed by atoms with Gasteiger partial charge in [-0.3, -0.25) is 48.9 Å². The van der Waals surface area contributed by atoms with Crippen LogP contribution in [0.3, 0.4) is 0 Å². The number of hydrogen-bond donors (Lipinski definition) is 5. The lowest BCUT2D eigenvalue weighted by atomic mass is 10.1. The summed E-state index contributed by atoms with van der Waals surface area (Å²) in [4.78, 5) is 81.7. The number of nitrogens with one attached hydrogen (secondary N) is 5. The van der Waals surface area contributed by atoms with Crippen LogP contribution in [0.15, 0.2) is 335 Å². The Bertz CT molecular complexity index is 6300. The highest BCUT2D eigenvalue weighted by molar-refractivity contribution is 6.31. The quantitative estimate of drug-likeness (QED) is 0.0445. The number of rotatable bonds is 20. The molecule has 0 aliphatic rings. The number of ether oxygens (including phenoxy) is 5. The van der Waals surface area contributed by atoms with Crippen molar-refractivity contribution < 1.29 is 52.0 Å². The number of anilines is 5. The van der Waals surface area contributed by atoms with Crippen molar-refractivity contribution >= 4 is 92.8 Å². The van der Waals surface area contributed by atoms with Gasteiger partial charge in [0.2, 0.25) is 0 Å². The van der Waals surface area contributed by atoms with Gasteiger partial charge >= 0.3 is 0 Å². The van der Waals surface area contributed by atoms with Crippen LogP contribution in [-0.2, 0) is 0 Å². The number of halogens is 4. The van der Waals surface area contributed by atoms with Crippen LogP contribution in [0.1, 0.15) is 92.7 Å². The maximum Gasteiger partial charge on any atom is 0.255 e. The minimum Gasteiger partial charge on any atom is -0.456 e. The maximum absolute atomic E-state index is 13.8. The molecule has 0 bridgehead atoms. The van der Waals surface area contributed by atoms with E-state index in [9.17, 15) is 28.4 Å². The summed E-state index contributed by atoms with van der Waals surface area (Å²) in [7, 11) is 0. The number of amides is 5. The van der Waals surface area contributed by atoms with Crippen molar-refractivity contribution in [1.82, 2.24) is 24.9 Å². The van der Waals surface area contributed by atoms with Crippen LogP contribution in [0, 0.1) is 58.2 Å². The second kappa shape index (κ2) is 45.2. The van der Waals surface area contributed by atoms with Crippen LogP contribution in [0.2, 0.25) is 15.1 Å². The normalized spacial score (nSPS) is 10.0. The zero-order valence-corrected chi connectivity index (χ0v) is 68.0. The molecule has 5 aromatic heterocycles. The average Bonchev–Trinajstić information content (AvgIpc) is 0.728. The first-order valence-electron chi connectivity index (χ1n) is 37.2. The predicted octanol–water partition coefficient (Wildman–Crippen LogP) is 24.6. The summed E-state index contributed by atoms with van der Waals surface area (Å²) in [6, 6.07) is 80.3. The molecule has 5 amide bonds. The molecule has 15 aromatic rings. The summed E-state index contributed by atoms with van der Waals surface area (Å²) in [6.45, 7) is 7.74. The topological polar surface area (TPSA) is 256 Å². The van der Waals surface area contributed by atoms with Gasteiger partial charge in [-0.2, -0.15) is 0 Å². The summed E-state index contributed by atoms with van der Waals surface area (Å²) in [5.74, 6) is 8.64. The average molecular weight is 1690 g/mol. The van der Waals surface area contributed by atoms with Gasteiger partial charge in [0.25, 0.3) is 29.5 Å². The number of hydrogen-bond acceptors (Lipinski definition) is 15. The number of aromatic nitrogens is 5. The second-order valence-corrected chi connectivity index (χ2v) is 27.7. The van der Waals surface area contributed by atoms with E-state index in [0.29, 0.717) is 129 Å². The number of carbonyl (C=O) groups is 5. The molecule has 0 atom stereocenters. The molecule has 20 nitrogen and oxygen atoms in total. The van der Waals surface area contributed by atoms with Gasteiger partial charge < -0.3 is 50.3 Å². The molecular formula is C99H78Cl3FN10O10. The zero-order valence-electron chi connectivity index (χ0n) is 65.7. The number of terminal acetylenes is 2. The molecule has 5 N–H and O–H groups in total. The Balaban J connectivity index is 0.000000161. The lowest BCUT2D eigenvalue weighted by molar-refractivity contribution is 0.101. The highest BCUT2D eigenvalue weighted by Crippen LogP contribution is 2.33. The first-order valence-corrected chi connectivity index (χ1v) is 38.4. The monoisotopic (exact) mass is 1690 g/mol. The highest BCUT2D eigenvalue weighted by atomic mass is 35.5. The van der Waals surface area contributed by atoms with Crippen molar-refractivity contribution in [2.45, 2.75) is 35.1 Å². The largest absolute Gasteiger partial charge is 0.456 e. The van der Waals surface area contributed by atoms with E-state index in [0.717, 1.165) is 22.4 Å². The molecule has 0 radical (unpaired) electrons. The van der Waals surface area contributed by atoms with Crippen molar-refractivity contribution in [2.24, 2.45) is 0 Å². The third-order valence-corrected chi connectivity index (χ3v) is 17.3. The molecule has 0 spiro atoms. The molecule has 5 heterocycles. The van der Waals surface area contributed by atoms with Crippen LogP contribution in [-0.4, -0.2) is 54.5 Å². The molecule has 123 heavy (non-hydrogen) atoms. The minimum atomic E-state index is -0.533. The van der Waals surface area contributed by atoms with E-state index in [1.807, 2.05) is 113 Å². The summed E-state index contributed by atoms with van der Waals surface area (Å²) < 4.78 is 42.3. The molecule has 0 unspecified atom stereocenters. The third-order valence-electron chi connectivity index (χ3n) is 16.7. The Morgan fingerprint density at radius 2 is 0.642 bits per heavy atom. The molecule has 0 saturated heterocycles. The lowest BCUT2D eigenvalue weighted by Gasteiger charge is -2.10. The number of nitrogens with zero attached hydrogens (tertiary/aromatic N) is 5. The van der Waals surface area contributed by atoms with Crippen molar-refractivity contribution in [1.29, 1.82) is 0 Å². The fourth-order valence-corrected chi connectivity index (χ4v) is 11.7. The van der Waals surface area contributed by atoms with Crippen molar-refractivity contribution in [3.05, 3.63) is 417 Å². The SMILES string of the molecule is C.C#Cc1cccc(C(=O)Nc2cc(F)cc(Oc3cccnc3)c2)c1.C#Cc1cccc(C(=O)Nc2cccc(Oc3cncc(Cl)c3)c2)c1.Cc1cccc(C(=O)Nc2cc(Cl)cc(Oc3cccnc3)c2)c1.Cc1cccc(C(=O)Nc2cccc(Oc3cccnc3C)c2)c1.Cc1cccc(C(=O)Nc2cccc(Oc3cncc(Cl)c3)c2)c1. The van der Waals surface area contributed by atoms with Gasteiger partial charge in [0.1, 0.15) is 63.3 Å². The number of carbonyl (C=O) groups excluding carboxylic acids is 5. The molecule has 10 aromatic carbocycles. The van der Waals surface area contributed by atoms with Crippen LogP contribution in [0.5, 0.6) is 57.5 Å². The first kappa shape index (κ1) is 89.6. The van der Waals surface area contributed by atoms with Crippen LogP contribution >= 0.6 is 34.8 Å². The van der Waals surface area contributed by atoms with Crippen molar-refractivity contribution in [3.63, 3.8) is 0 Å². The molecule has 0 fully saturated rings. The van der Waals surface area contributed by atoms with Crippen molar-refractivity contribution in [3.8, 4) is 82.2 Å². The third kappa shape index (κ3) is 29.1. The fourth-order valence-electron chi connectivity index (χ4n) is 11.1. The van der Waals surface area contributed by atoms with E-state index in [4.69, 9.17) is 71.3 Å². The molecular weight excluding hydrogens is 1610 g/mol. The summed E-state index contributed by atoms with van der Waals surface area (Å²) >= 11 is 17.9. The summed E-state index contributed by atoms with van der Waals surface area (Å²) in [5, 5.41) is 15.5. The van der Waals surface area contributed by atoms with Crippen LogP contribution in [0.4, 0.5) is 32.8 Å². The van der Waals surface area contributed by atoms with E-state index < -0.39 is 11.7 Å². The zero-order chi connectivity index (χ0) is 86.1. The van der Waals surface area contributed by atoms with E-state index in [1.165, 1.54) is 36.8 Å². The van der Waals surface area contributed by atoms with Gasteiger partial charge in [-0.15, -0.1) is 12.8 Å². The molecule has 612 valence electrons. The highest BCUT2D eigenvalue weighted by Gasteiger charge is 2.16. The molecule has 0 saturated carbocycles. The number of benzene rings is 10. The Hall–Kier alpha value is -15.8.